The van der Waals surface area contributed by atoms with Gasteiger partial charge in [-0.05, 0) is 54.8 Å². The number of nitrogens with zero attached hydrogens (tertiary/aromatic N) is 5. The van der Waals surface area contributed by atoms with E-state index in [1.165, 1.54) is 17.5 Å². The van der Waals surface area contributed by atoms with Gasteiger partial charge < -0.3 is 10.1 Å². The molecule has 2 aromatic heterocycles. The SMILES string of the molecule is c1cc2nnnn2nc1OCCC1CCCNC1. The summed E-state index contributed by atoms with van der Waals surface area (Å²) in [6.07, 6.45) is 3.61. The molecule has 7 nitrogen and oxygen atoms in total. The zero-order chi connectivity index (χ0) is 12.2. The van der Waals surface area contributed by atoms with Crippen LogP contribution in [0.3, 0.4) is 0 Å². The van der Waals surface area contributed by atoms with Crippen molar-refractivity contribution < 1.29 is 4.74 Å². The van der Waals surface area contributed by atoms with Crippen molar-refractivity contribution in [3.63, 3.8) is 0 Å². The molecule has 0 aliphatic carbocycles. The first-order chi connectivity index (χ1) is 8.92. The third-order valence-corrected chi connectivity index (χ3v) is 3.22. The van der Waals surface area contributed by atoms with Crippen LogP contribution in [0.15, 0.2) is 12.1 Å². The van der Waals surface area contributed by atoms with E-state index < -0.39 is 0 Å². The molecule has 0 aromatic carbocycles. The van der Waals surface area contributed by atoms with E-state index in [1.807, 2.05) is 0 Å². The van der Waals surface area contributed by atoms with Gasteiger partial charge >= 0.3 is 0 Å². The van der Waals surface area contributed by atoms with E-state index in [2.05, 4.69) is 25.9 Å². The van der Waals surface area contributed by atoms with Crippen molar-refractivity contribution in [2.45, 2.75) is 19.3 Å². The molecule has 1 fully saturated rings. The normalized spacial score (nSPS) is 20.1. The van der Waals surface area contributed by atoms with E-state index in [-0.39, 0.29) is 0 Å². The van der Waals surface area contributed by atoms with Crippen molar-refractivity contribution in [2.24, 2.45) is 5.92 Å². The minimum atomic E-state index is 0.568. The predicted molar refractivity (Wildman–Crippen MR) is 64.3 cm³/mol. The first kappa shape index (κ1) is 11.3. The van der Waals surface area contributed by atoms with Crippen molar-refractivity contribution in [3.05, 3.63) is 12.1 Å². The second-order valence-corrected chi connectivity index (χ2v) is 4.55. The van der Waals surface area contributed by atoms with Crippen LogP contribution in [0.25, 0.3) is 5.65 Å². The topological polar surface area (TPSA) is 77.2 Å². The molecule has 96 valence electrons. The molecular weight excluding hydrogens is 232 g/mol. The molecule has 1 atom stereocenters. The molecule has 0 amide bonds. The van der Waals surface area contributed by atoms with Gasteiger partial charge in [0, 0.05) is 6.07 Å². The molecule has 1 aliphatic heterocycles. The van der Waals surface area contributed by atoms with Crippen LogP contribution in [-0.2, 0) is 0 Å². The van der Waals surface area contributed by atoms with Crippen LogP contribution in [0.5, 0.6) is 5.88 Å². The Kier molecular flexibility index (Phi) is 3.31. The van der Waals surface area contributed by atoms with E-state index in [0.29, 0.717) is 18.1 Å². The van der Waals surface area contributed by atoms with Gasteiger partial charge in [0.15, 0.2) is 5.65 Å². The monoisotopic (exact) mass is 248 g/mol. The Hall–Kier alpha value is -1.76. The Labute approximate surface area is 105 Å². The zero-order valence-corrected chi connectivity index (χ0v) is 10.1. The van der Waals surface area contributed by atoms with Crippen molar-refractivity contribution >= 4 is 5.65 Å². The van der Waals surface area contributed by atoms with Gasteiger partial charge in [-0.25, -0.2) is 0 Å². The Bertz CT molecular complexity index is 507. The number of nitrogens with one attached hydrogen (secondary N) is 1. The summed E-state index contributed by atoms with van der Waals surface area (Å²) in [6, 6.07) is 3.59. The molecule has 0 spiro atoms. The van der Waals surface area contributed by atoms with Gasteiger partial charge in [0.2, 0.25) is 5.88 Å². The molecule has 1 unspecified atom stereocenters. The molecule has 18 heavy (non-hydrogen) atoms. The summed E-state index contributed by atoms with van der Waals surface area (Å²) >= 11 is 0. The number of rotatable bonds is 4. The summed E-state index contributed by atoms with van der Waals surface area (Å²) in [7, 11) is 0. The predicted octanol–water partition coefficient (Wildman–Crippen LogP) is 0.288. The van der Waals surface area contributed by atoms with Crippen LogP contribution in [0.4, 0.5) is 0 Å². The van der Waals surface area contributed by atoms with Gasteiger partial charge in [-0.2, -0.15) is 0 Å². The fourth-order valence-corrected chi connectivity index (χ4v) is 2.21. The highest BCUT2D eigenvalue weighted by Crippen LogP contribution is 2.14. The van der Waals surface area contributed by atoms with Crippen LogP contribution in [0.1, 0.15) is 19.3 Å². The fraction of sp³-hybridized carbons (Fsp3) is 0.636. The van der Waals surface area contributed by atoms with Gasteiger partial charge in [-0.3, -0.25) is 0 Å². The Morgan fingerprint density at radius 2 is 2.44 bits per heavy atom. The Balaban J connectivity index is 1.52. The molecule has 0 saturated carbocycles. The molecule has 1 saturated heterocycles. The lowest BCUT2D eigenvalue weighted by molar-refractivity contribution is 0.244. The summed E-state index contributed by atoms with van der Waals surface area (Å²) in [5, 5.41) is 18.6. The molecule has 3 rings (SSSR count). The standard InChI is InChI=1S/C11H16N6O/c1-2-9(8-12-6-1)5-7-18-11-4-3-10-13-15-16-17(10)14-11/h3-4,9,12H,1-2,5-8H2. The number of fused-ring (bicyclic) bond motifs is 1. The van der Waals surface area contributed by atoms with Gasteiger partial charge in [0.25, 0.3) is 0 Å². The second kappa shape index (κ2) is 5.26. The van der Waals surface area contributed by atoms with Crippen molar-refractivity contribution in [1.82, 2.24) is 30.6 Å². The van der Waals surface area contributed by atoms with Gasteiger partial charge in [0.1, 0.15) is 0 Å². The third kappa shape index (κ3) is 2.56. The van der Waals surface area contributed by atoms with Crippen molar-refractivity contribution in [1.29, 1.82) is 0 Å². The third-order valence-electron chi connectivity index (χ3n) is 3.22. The lowest BCUT2D eigenvalue weighted by Gasteiger charge is -2.22. The maximum atomic E-state index is 5.63. The molecule has 2 aromatic rings. The van der Waals surface area contributed by atoms with Gasteiger partial charge in [-0.1, -0.05) is 0 Å². The van der Waals surface area contributed by atoms with E-state index in [0.717, 1.165) is 25.4 Å². The summed E-state index contributed by atoms with van der Waals surface area (Å²) in [4.78, 5) is 0. The van der Waals surface area contributed by atoms with Gasteiger partial charge in [-0.15, -0.1) is 14.8 Å². The van der Waals surface area contributed by atoms with Gasteiger partial charge in [0.05, 0.1) is 6.61 Å². The Morgan fingerprint density at radius 3 is 3.33 bits per heavy atom. The van der Waals surface area contributed by atoms with Crippen LogP contribution < -0.4 is 10.1 Å². The first-order valence-electron chi connectivity index (χ1n) is 6.31. The molecular formula is C11H16N6O. The van der Waals surface area contributed by atoms with E-state index in [9.17, 15) is 0 Å². The maximum absolute atomic E-state index is 5.63. The average molecular weight is 248 g/mol. The summed E-state index contributed by atoms with van der Waals surface area (Å²) in [6.45, 7) is 2.94. The quantitative estimate of drug-likeness (QED) is 0.838. The summed E-state index contributed by atoms with van der Waals surface area (Å²) in [5.41, 5.74) is 0.624. The summed E-state index contributed by atoms with van der Waals surface area (Å²) in [5.74, 6) is 1.29. The van der Waals surface area contributed by atoms with Crippen LogP contribution >= 0.6 is 0 Å². The lowest BCUT2D eigenvalue weighted by atomic mass is 9.97. The first-order valence-corrected chi connectivity index (χ1v) is 6.31. The molecule has 3 heterocycles. The van der Waals surface area contributed by atoms with E-state index in [1.54, 1.807) is 12.1 Å². The highest BCUT2D eigenvalue weighted by Gasteiger charge is 2.12. The average Bonchev–Trinajstić information content (AvgIpc) is 2.87. The highest BCUT2D eigenvalue weighted by molar-refractivity contribution is 5.34. The number of piperidine rings is 1. The summed E-state index contributed by atoms with van der Waals surface area (Å²) < 4.78 is 7.00. The number of tetrazole rings is 1. The number of aromatic nitrogens is 5. The largest absolute Gasteiger partial charge is 0.477 e. The van der Waals surface area contributed by atoms with Crippen molar-refractivity contribution in [3.8, 4) is 5.88 Å². The molecule has 1 aliphatic rings. The van der Waals surface area contributed by atoms with Crippen LogP contribution in [0.2, 0.25) is 0 Å². The fourth-order valence-electron chi connectivity index (χ4n) is 2.21. The zero-order valence-electron chi connectivity index (χ0n) is 10.1. The molecule has 7 heteroatoms. The van der Waals surface area contributed by atoms with Crippen LogP contribution in [0, 0.1) is 5.92 Å². The van der Waals surface area contributed by atoms with E-state index in [4.69, 9.17) is 4.74 Å². The van der Waals surface area contributed by atoms with Crippen molar-refractivity contribution in [2.75, 3.05) is 19.7 Å². The molecule has 1 N–H and O–H groups in total. The molecule has 0 bridgehead atoms. The number of ether oxygens (including phenoxy) is 1. The van der Waals surface area contributed by atoms with E-state index >= 15 is 0 Å². The number of hydrogen-bond donors (Lipinski definition) is 1. The minimum Gasteiger partial charge on any atom is -0.477 e. The maximum Gasteiger partial charge on any atom is 0.233 e. The molecule has 0 radical (unpaired) electrons. The Morgan fingerprint density at radius 1 is 1.44 bits per heavy atom. The second-order valence-electron chi connectivity index (χ2n) is 4.55. The number of hydrogen-bond acceptors (Lipinski definition) is 6. The minimum absolute atomic E-state index is 0.568. The smallest absolute Gasteiger partial charge is 0.233 e. The lowest BCUT2D eigenvalue weighted by Crippen LogP contribution is -2.30. The highest BCUT2D eigenvalue weighted by atomic mass is 16.5. The van der Waals surface area contributed by atoms with Crippen LogP contribution in [-0.4, -0.2) is 45.0 Å².